The van der Waals surface area contributed by atoms with Crippen LogP contribution in [0.4, 0.5) is 0 Å². The van der Waals surface area contributed by atoms with E-state index in [-0.39, 0.29) is 0 Å². The van der Waals surface area contributed by atoms with E-state index in [0.717, 1.165) is 5.56 Å². The van der Waals surface area contributed by atoms with Gasteiger partial charge in [0.05, 0.1) is 6.54 Å². The molecule has 2 heteroatoms. The molecule has 0 aliphatic rings. The molecule has 1 aromatic heterocycles. The number of nitrogens with zero attached hydrogens (tertiary/aromatic N) is 1. The van der Waals surface area contributed by atoms with Gasteiger partial charge < -0.3 is 9.67 Å². The van der Waals surface area contributed by atoms with E-state index < -0.39 is 0 Å². The second kappa shape index (κ2) is 4.67. The van der Waals surface area contributed by atoms with Gasteiger partial charge in [-0.15, -0.1) is 0 Å². The van der Waals surface area contributed by atoms with Crippen LogP contribution in [0.25, 0.3) is 21.8 Å². The van der Waals surface area contributed by atoms with E-state index in [2.05, 4.69) is 53.1 Å². The molecular weight excluding hydrogens is 258 g/mol. The maximum atomic E-state index is 10.0. The summed E-state index contributed by atoms with van der Waals surface area (Å²) in [4.78, 5) is 0. The highest BCUT2D eigenvalue weighted by atomic mass is 16.3. The monoisotopic (exact) mass is 273 g/mol. The Morgan fingerprint density at radius 1 is 0.667 bits per heavy atom. The van der Waals surface area contributed by atoms with Crippen molar-refractivity contribution in [2.75, 3.05) is 0 Å². The van der Waals surface area contributed by atoms with Gasteiger partial charge in [0.1, 0.15) is 5.75 Å². The van der Waals surface area contributed by atoms with Crippen LogP contribution in [-0.4, -0.2) is 9.67 Å². The van der Waals surface area contributed by atoms with Crippen LogP contribution in [0.1, 0.15) is 5.56 Å². The van der Waals surface area contributed by atoms with Crippen LogP contribution in [0.3, 0.4) is 0 Å². The highest BCUT2D eigenvalue weighted by Crippen LogP contribution is 2.30. The van der Waals surface area contributed by atoms with Gasteiger partial charge in [-0.05, 0) is 18.2 Å². The van der Waals surface area contributed by atoms with Gasteiger partial charge in [-0.2, -0.15) is 0 Å². The molecule has 0 aliphatic heterocycles. The predicted molar refractivity (Wildman–Crippen MR) is 86.7 cm³/mol. The van der Waals surface area contributed by atoms with Crippen molar-refractivity contribution >= 4 is 21.8 Å². The molecule has 4 aromatic rings. The zero-order valence-electron chi connectivity index (χ0n) is 11.5. The van der Waals surface area contributed by atoms with E-state index in [1.807, 2.05) is 18.2 Å². The molecule has 0 aliphatic carbocycles. The Labute approximate surface area is 122 Å². The van der Waals surface area contributed by atoms with E-state index in [9.17, 15) is 5.11 Å². The number of hydrogen-bond donors (Lipinski definition) is 1. The quantitative estimate of drug-likeness (QED) is 0.569. The van der Waals surface area contributed by atoms with Crippen molar-refractivity contribution in [1.82, 2.24) is 4.57 Å². The summed E-state index contributed by atoms with van der Waals surface area (Å²) in [6.07, 6.45) is 0. The Balaban J connectivity index is 2.00. The van der Waals surface area contributed by atoms with Crippen molar-refractivity contribution < 1.29 is 5.11 Å². The number of para-hydroxylation sites is 3. The topological polar surface area (TPSA) is 25.2 Å². The van der Waals surface area contributed by atoms with Gasteiger partial charge in [0, 0.05) is 27.4 Å². The van der Waals surface area contributed by atoms with E-state index in [1.165, 1.54) is 21.8 Å². The van der Waals surface area contributed by atoms with Gasteiger partial charge in [-0.1, -0.05) is 54.6 Å². The van der Waals surface area contributed by atoms with Crippen molar-refractivity contribution in [2.24, 2.45) is 0 Å². The summed E-state index contributed by atoms with van der Waals surface area (Å²) >= 11 is 0. The normalized spacial score (nSPS) is 11.2. The molecule has 0 amide bonds. The molecule has 4 rings (SSSR count). The first-order valence-corrected chi connectivity index (χ1v) is 7.07. The van der Waals surface area contributed by atoms with Crippen LogP contribution in [0, 0.1) is 0 Å². The number of rotatable bonds is 2. The average Bonchev–Trinajstić information content (AvgIpc) is 2.85. The van der Waals surface area contributed by atoms with Crippen molar-refractivity contribution in [3.8, 4) is 5.75 Å². The lowest BCUT2D eigenvalue weighted by Gasteiger charge is -2.09. The maximum Gasteiger partial charge on any atom is 0.120 e. The number of benzene rings is 3. The smallest absolute Gasteiger partial charge is 0.120 e. The summed E-state index contributed by atoms with van der Waals surface area (Å²) in [5, 5.41) is 12.5. The number of aromatic nitrogens is 1. The minimum absolute atomic E-state index is 0.347. The molecule has 0 spiro atoms. The lowest BCUT2D eigenvalue weighted by molar-refractivity contribution is 0.467. The first-order chi connectivity index (χ1) is 10.3. The minimum Gasteiger partial charge on any atom is -0.508 e. The molecule has 0 atom stereocenters. The fraction of sp³-hybridized carbons (Fsp3) is 0.0526. The highest BCUT2D eigenvalue weighted by molar-refractivity contribution is 6.08. The molecule has 0 fully saturated rings. The molecule has 1 N–H and O–H groups in total. The van der Waals surface area contributed by atoms with Gasteiger partial charge in [0.2, 0.25) is 0 Å². The molecule has 0 unspecified atom stereocenters. The van der Waals surface area contributed by atoms with Gasteiger partial charge in [-0.25, -0.2) is 0 Å². The maximum absolute atomic E-state index is 10.0. The SMILES string of the molecule is Oc1ccccc1Cn1c2ccccc2c2ccccc21. The molecule has 0 radical (unpaired) electrons. The lowest BCUT2D eigenvalue weighted by Crippen LogP contribution is -1.99. The molecule has 1 heterocycles. The molecule has 0 saturated heterocycles. The zero-order valence-corrected chi connectivity index (χ0v) is 11.5. The van der Waals surface area contributed by atoms with Crippen LogP contribution in [0.5, 0.6) is 5.75 Å². The molecule has 0 bridgehead atoms. The van der Waals surface area contributed by atoms with Crippen molar-refractivity contribution in [1.29, 1.82) is 0 Å². The first kappa shape index (κ1) is 12.0. The molecule has 21 heavy (non-hydrogen) atoms. The van der Waals surface area contributed by atoms with Gasteiger partial charge in [0.15, 0.2) is 0 Å². The molecule has 2 nitrogen and oxygen atoms in total. The van der Waals surface area contributed by atoms with Crippen LogP contribution in [0.2, 0.25) is 0 Å². The van der Waals surface area contributed by atoms with E-state index in [1.54, 1.807) is 6.07 Å². The number of hydrogen-bond acceptors (Lipinski definition) is 1. The van der Waals surface area contributed by atoms with Crippen LogP contribution >= 0.6 is 0 Å². The number of aromatic hydroxyl groups is 1. The fourth-order valence-corrected chi connectivity index (χ4v) is 2.99. The van der Waals surface area contributed by atoms with Crippen LogP contribution in [0.15, 0.2) is 72.8 Å². The standard InChI is InChI=1S/C19H15NO/c21-19-12-6-1-7-14(19)13-20-17-10-4-2-8-15(17)16-9-3-5-11-18(16)20/h1-12,21H,13H2. The summed E-state index contributed by atoms with van der Waals surface area (Å²) in [5.41, 5.74) is 3.33. The van der Waals surface area contributed by atoms with E-state index in [4.69, 9.17) is 0 Å². The Hall–Kier alpha value is -2.74. The van der Waals surface area contributed by atoms with Gasteiger partial charge in [0.25, 0.3) is 0 Å². The fourth-order valence-electron chi connectivity index (χ4n) is 2.99. The summed E-state index contributed by atoms with van der Waals surface area (Å²) in [5.74, 6) is 0.347. The third-order valence-electron chi connectivity index (χ3n) is 4.00. The van der Waals surface area contributed by atoms with Gasteiger partial charge >= 0.3 is 0 Å². The Morgan fingerprint density at radius 3 is 1.81 bits per heavy atom. The average molecular weight is 273 g/mol. The molecule has 3 aromatic carbocycles. The summed E-state index contributed by atoms with van der Waals surface area (Å²) in [6.45, 7) is 0.667. The van der Waals surface area contributed by atoms with Crippen LogP contribution in [-0.2, 0) is 6.54 Å². The molecule has 0 saturated carbocycles. The van der Waals surface area contributed by atoms with Gasteiger partial charge in [-0.3, -0.25) is 0 Å². The lowest BCUT2D eigenvalue weighted by atomic mass is 10.2. The number of fused-ring (bicyclic) bond motifs is 3. The van der Waals surface area contributed by atoms with Crippen LogP contribution < -0.4 is 0 Å². The largest absolute Gasteiger partial charge is 0.508 e. The van der Waals surface area contributed by atoms with E-state index >= 15 is 0 Å². The minimum atomic E-state index is 0.347. The third-order valence-corrected chi connectivity index (χ3v) is 4.00. The second-order valence-electron chi connectivity index (χ2n) is 5.25. The zero-order chi connectivity index (χ0) is 14.2. The summed E-state index contributed by atoms with van der Waals surface area (Å²) in [6, 6.07) is 24.3. The Morgan fingerprint density at radius 2 is 1.19 bits per heavy atom. The molecule has 102 valence electrons. The van der Waals surface area contributed by atoms with Crippen molar-refractivity contribution in [2.45, 2.75) is 6.54 Å². The van der Waals surface area contributed by atoms with E-state index in [0.29, 0.717) is 12.3 Å². The molecular formula is C19H15NO. The predicted octanol–water partition coefficient (Wildman–Crippen LogP) is 4.55. The highest BCUT2D eigenvalue weighted by Gasteiger charge is 2.10. The third kappa shape index (κ3) is 1.88. The summed E-state index contributed by atoms with van der Waals surface area (Å²) < 4.78 is 2.26. The van der Waals surface area contributed by atoms with Crippen molar-refractivity contribution in [3.05, 3.63) is 78.4 Å². The number of phenolic OH excluding ortho intramolecular Hbond substituents is 1. The first-order valence-electron chi connectivity index (χ1n) is 7.07. The Bertz CT molecular complexity index is 883. The number of phenols is 1. The second-order valence-corrected chi connectivity index (χ2v) is 5.25. The van der Waals surface area contributed by atoms with Crippen molar-refractivity contribution in [3.63, 3.8) is 0 Å². The summed E-state index contributed by atoms with van der Waals surface area (Å²) in [7, 11) is 0. The Kier molecular flexibility index (Phi) is 2.68.